The number of amides is 1. The summed E-state index contributed by atoms with van der Waals surface area (Å²) in [6.45, 7) is 0.481. The zero-order valence-electron chi connectivity index (χ0n) is 15.7. The predicted molar refractivity (Wildman–Crippen MR) is 100 cm³/mol. The third-order valence-corrected chi connectivity index (χ3v) is 6.36. The highest BCUT2D eigenvalue weighted by Gasteiger charge is 2.33. The van der Waals surface area contributed by atoms with Crippen molar-refractivity contribution in [1.82, 2.24) is 4.90 Å². The molecule has 0 unspecified atom stereocenters. The maximum Gasteiger partial charge on any atom is 0.416 e. The van der Waals surface area contributed by atoms with Crippen LogP contribution in [0.25, 0.3) is 0 Å². The first kappa shape index (κ1) is 22.9. The van der Waals surface area contributed by atoms with Gasteiger partial charge in [-0.1, -0.05) is 6.42 Å². The Morgan fingerprint density at radius 3 is 2.62 bits per heavy atom. The molecule has 1 atom stereocenters. The van der Waals surface area contributed by atoms with Crippen LogP contribution in [0.3, 0.4) is 0 Å². The molecule has 0 spiro atoms. The van der Waals surface area contributed by atoms with E-state index in [1.54, 1.807) is 0 Å². The average Bonchev–Trinajstić information content (AvgIpc) is 2.87. The molecule has 1 amide bonds. The normalized spacial score (nSPS) is 18.2. The fourth-order valence-electron chi connectivity index (χ4n) is 3.15. The molecule has 1 fully saturated rings. The Balaban J connectivity index is 2.02. The van der Waals surface area contributed by atoms with Crippen LogP contribution in [0.15, 0.2) is 18.2 Å². The summed E-state index contributed by atoms with van der Waals surface area (Å²) >= 11 is 0. The summed E-state index contributed by atoms with van der Waals surface area (Å²) < 4.78 is 61.8. The van der Waals surface area contributed by atoms with Gasteiger partial charge in [0.15, 0.2) is 9.84 Å². The van der Waals surface area contributed by atoms with Crippen molar-refractivity contribution >= 4 is 27.1 Å². The molecule has 29 heavy (non-hydrogen) atoms. The largest absolute Gasteiger partial charge is 0.416 e. The molecule has 1 N–H and O–H groups in total. The first-order chi connectivity index (χ1) is 13.4. The number of hydrogen-bond donors (Lipinski definition) is 1. The predicted octanol–water partition coefficient (Wildman–Crippen LogP) is 2.84. The summed E-state index contributed by atoms with van der Waals surface area (Å²) in [6, 6.07) is 2.12. The highest BCUT2D eigenvalue weighted by molar-refractivity contribution is 7.91. The smallest absolute Gasteiger partial charge is 0.379 e. The number of nitro groups is 1. The fourth-order valence-corrected chi connectivity index (χ4v) is 4.20. The van der Waals surface area contributed by atoms with E-state index >= 15 is 0 Å². The number of hydrogen-bond acceptors (Lipinski definition) is 6. The number of likely N-dealkylation sites (tertiary alicyclic amines) is 1. The highest BCUT2D eigenvalue weighted by Crippen LogP contribution is 2.34. The maximum atomic E-state index is 12.7. The summed E-state index contributed by atoms with van der Waals surface area (Å²) in [6.07, 6.45) is -1.79. The first-order valence-electron chi connectivity index (χ1n) is 8.95. The number of benzene rings is 1. The van der Waals surface area contributed by atoms with Gasteiger partial charge in [0.1, 0.15) is 5.69 Å². The molecule has 0 radical (unpaired) electrons. The van der Waals surface area contributed by atoms with Crippen LogP contribution in [-0.2, 0) is 20.8 Å². The van der Waals surface area contributed by atoms with Gasteiger partial charge < -0.3 is 10.2 Å². The number of nitrogens with one attached hydrogen (secondary N) is 1. The number of carbonyl (C=O) groups excluding carboxylic acids is 1. The van der Waals surface area contributed by atoms with E-state index < -0.39 is 37.4 Å². The number of alkyl halides is 3. The van der Waals surface area contributed by atoms with Crippen molar-refractivity contribution in [3.8, 4) is 0 Å². The standard InChI is InChI=1S/C17H22F3N3O5S/c1-29(27,28)13-4-2-3-9-22(11-13)16(24)7-8-21-14-6-5-12(17(18,19)20)10-15(14)23(25)26/h5-6,10,13,21H,2-4,7-9,11H2,1H3/t13-/m1/s1. The number of carbonyl (C=O) groups is 1. The molecule has 0 bridgehead atoms. The van der Waals surface area contributed by atoms with Gasteiger partial charge in [0.05, 0.1) is 15.7 Å². The summed E-state index contributed by atoms with van der Waals surface area (Å²) in [5.41, 5.74) is -2.00. The Morgan fingerprint density at radius 1 is 1.34 bits per heavy atom. The van der Waals surface area contributed by atoms with Crippen molar-refractivity contribution < 1.29 is 31.3 Å². The molecule has 1 aromatic rings. The second-order valence-electron chi connectivity index (χ2n) is 6.95. The van der Waals surface area contributed by atoms with Crippen LogP contribution in [0, 0.1) is 10.1 Å². The lowest BCUT2D eigenvalue weighted by Gasteiger charge is -2.24. The number of nitro benzene ring substituents is 1. The molecule has 1 aromatic carbocycles. The summed E-state index contributed by atoms with van der Waals surface area (Å²) in [4.78, 5) is 24.0. The van der Waals surface area contributed by atoms with E-state index in [0.29, 0.717) is 31.9 Å². The van der Waals surface area contributed by atoms with Crippen LogP contribution in [0.4, 0.5) is 24.5 Å². The monoisotopic (exact) mass is 437 g/mol. The highest BCUT2D eigenvalue weighted by atomic mass is 32.2. The Labute approximate surface area is 166 Å². The average molecular weight is 437 g/mol. The number of halogens is 3. The topological polar surface area (TPSA) is 110 Å². The SMILES string of the molecule is CS(=O)(=O)[C@@H]1CCCCN(C(=O)CCNc2ccc(C(F)(F)F)cc2[N+](=O)[O-])C1. The molecular weight excluding hydrogens is 415 g/mol. The van der Waals surface area contributed by atoms with E-state index in [-0.39, 0.29) is 31.1 Å². The van der Waals surface area contributed by atoms with E-state index in [1.165, 1.54) is 4.90 Å². The number of rotatable bonds is 6. The molecule has 1 aliphatic heterocycles. The maximum absolute atomic E-state index is 12.7. The third-order valence-electron chi connectivity index (χ3n) is 4.76. The van der Waals surface area contributed by atoms with Gasteiger partial charge in [0.2, 0.25) is 5.91 Å². The van der Waals surface area contributed by atoms with Gasteiger partial charge >= 0.3 is 6.18 Å². The zero-order valence-corrected chi connectivity index (χ0v) is 16.6. The molecular formula is C17H22F3N3O5S. The second-order valence-corrected chi connectivity index (χ2v) is 9.28. The molecule has 1 heterocycles. The number of sulfone groups is 1. The van der Waals surface area contributed by atoms with Gasteiger partial charge in [0.25, 0.3) is 5.69 Å². The Bertz CT molecular complexity index is 874. The Morgan fingerprint density at radius 2 is 2.03 bits per heavy atom. The fraction of sp³-hybridized carbons (Fsp3) is 0.588. The molecule has 8 nitrogen and oxygen atoms in total. The molecule has 12 heteroatoms. The Kier molecular flexibility index (Phi) is 7.09. The molecule has 0 saturated carbocycles. The molecule has 2 rings (SSSR count). The van der Waals surface area contributed by atoms with Gasteiger partial charge in [-0.3, -0.25) is 14.9 Å². The van der Waals surface area contributed by atoms with Crippen LogP contribution >= 0.6 is 0 Å². The minimum Gasteiger partial charge on any atom is -0.379 e. The van der Waals surface area contributed by atoms with Crippen molar-refractivity contribution in [1.29, 1.82) is 0 Å². The van der Waals surface area contributed by atoms with E-state index in [9.17, 15) is 36.5 Å². The van der Waals surface area contributed by atoms with Crippen LogP contribution in [0.1, 0.15) is 31.2 Å². The Hall–Kier alpha value is -2.37. The van der Waals surface area contributed by atoms with Gasteiger partial charge in [0, 0.05) is 38.4 Å². The van der Waals surface area contributed by atoms with Gasteiger partial charge in [-0.25, -0.2) is 8.42 Å². The van der Waals surface area contributed by atoms with Crippen molar-refractivity contribution in [3.63, 3.8) is 0 Å². The lowest BCUT2D eigenvalue weighted by atomic mass is 10.1. The summed E-state index contributed by atoms with van der Waals surface area (Å²) in [5, 5.41) is 13.1. The van der Waals surface area contributed by atoms with E-state index in [4.69, 9.17) is 0 Å². The lowest BCUT2D eigenvalue weighted by molar-refractivity contribution is -0.384. The van der Waals surface area contributed by atoms with E-state index in [1.807, 2.05) is 0 Å². The van der Waals surface area contributed by atoms with E-state index in [2.05, 4.69) is 5.32 Å². The zero-order chi connectivity index (χ0) is 21.8. The summed E-state index contributed by atoms with van der Waals surface area (Å²) in [7, 11) is -3.29. The van der Waals surface area contributed by atoms with Crippen molar-refractivity contribution in [3.05, 3.63) is 33.9 Å². The van der Waals surface area contributed by atoms with Gasteiger partial charge in [-0.15, -0.1) is 0 Å². The molecule has 0 aromatic heterocycles. The molecule has 162 valence electrons. The molecule has 0 aliphatic carbocycles. The van der Waals surface area contributed by atoms with Crippen LogP contribution in [0.2, 0.25) is 0 Å². The third kappa shape index (κ3) is 6.31. The second kappa shape index (κ2) is 8.97. The number of anilines is 1. The van der Waals surface area contributed by atoms with Crippen molar-refractivity contribution in [2.45, 2.75) is 37.1 Å². The quantitative estimate of drug-likeness (QED) is 0.541. The minimum atomic E-state index is -4.71. The van der Waals surface area contributed by atoms with Crippen LogP contribution in [-0.4, -0.2) is 55.3 Å². The number of nitrogens with zero attached hydrogens (tertiary/aromatic N) is 2. The van der Waals surface area contributed by atoms with Crippen molar-refractivity contribution in [2.24, 2.45) is 0 Å². The minimum absolute atomic E-state index is 0.0366. The molecule has 1 aliphatic rings. The summed E-state index contributed by atoms with van der Waals surface area (Å²) in [5.74, 6) is -0.317. The van der Waals surface area contributed by atoms with E-state index in [0.717, 1.165) is 18.4 Å². The van der Waals surface area contributed by atoms with Crippen LogP contribution < -0.4 is 5.32 Å². The lowest BCUT2D eigenvalue weighted by Crippen LogP contribution is -2.39. The molecule has 1 saturated heterocycles. The van der Waals surface area contributed by atoms with Gasteiger partial charge in [-0.2, -0.15) is 13.2 Å². The first-order valence-corrected chi connectivity index (χ1v) is 10.9. The van der Waals surface area contributed by atoms with Crippen molar-refractivity contribution in [2.75, 3.05) is 31.2 Å². The van der Waals surface area contributed by atoms with Crippen LogP contribution in [0.5, 0.6) is 0 Å². The van der Waals surface area contributed by atoms with Gasteiger partial charge in [-0.05, 0) is 25.0 Å².